The molecule has 0 spiro atoms. The number of phenols is 1. The molecule has 1 N–H and O–H groups in total. The summed E-state index contributed by atoms with van der Waals surface area (Å²) in [5.41, 5.74) is 7.26. The SMILES string of the molecule is COc1ccc(Cn2ccc(C3(c4ccn(Cc5ccc(OC)cc5)n4)CC4c5ccc(O)cc5C3c3cccc[n+]34)n2)cc1.[O-][Cl+3]([O-])([O-])[O-]. The maximum Gasteiger partial charge on any atom is 0.190 e. The summed E-state index contributed by atoms with van der Waals surface area (Å²) < 4.78 is 51.1. The first kappa shape index (κ1) is 33.3. The van der Waals surface area contributed by atoms with E-state index in [1.54, 1.807) is 20.3 Å². The molecule has 2 atom stereocenters. The molecule has 50 heavy (non-hydrogen) atoms. The van der Waals surface area contributed by atoms with Gasteiger partial charge >= 0.3 is 0 Å². The lowest BCUT2D eigenvalue weighted by Crippen LogP contribution is -2.68. The first-order chi connectivity index (χ1) is 24.1. The summed E-state index contributed by atoms with van der Waals surface area (Å²) in [5.74, 6) is 1.84. The lowest BCUT2D eigenvalue weighted by Gasteiger charge is -2.47. The van der Waals surface area contributed by atoms with Crippen LogP contribution in [0.1, 0.15) is 57.7 Å². The lowest BCUT2D eigenvalue weighted by atomic mass is 9.55. The fourth-order valence-electron chi connectivity index (χ4n) is 7.42. The molecule has 5 heterocycles. The van der Waals surface area contributed by atoms with Gasteiger partial charge in [-0.2, -0.15) is 14.8 Å². The van der Waals surface area contributed by atoms with E-state index in [1.807, 2.05) is 39.7 Å². The average molecular weight is 696 g/mol. The zero-order valence-electron chi connectivity index (χ0n) is 27.3. The molecule has 0 amide bonds. The molecule has 6 aromatic rings. The molecule has 13 heteroatoms. The maximum atomic E-state index is 10.7. The van der Waals surface area contributed by atoms with Gasteiger partial charge in [-0.25, -0.2) is 18.6 Å². The summed E-state index contributed by atoms with van der Waals surface area (Å²) >= 11 is 0. The molecule has 0 radical (unpaired) electrons. The Morgan fingerprint density at radius 2 is 1.30 bits per heavy atom. The predicted molar refractivity (Wildman–Crippen MR) is 169 cm³/mol. The van der Waals surface area contributed by atoms with Gasteiger partial charge in [0.25, 0.3) is 0 Å². The van der Waals surface area contributed by atoms with Crippen LogP contribution in [0.4, 0.5) is 0 Å². The van der Waals surface area contributed by atoms with E-state index in [0.717, 1.165) is 46.0 Å². The minimum atomic E-state index is -4.94. The molecule has 12 nitrogen and oxygen atoms in total. The number of hydrogen-bond acceptors (Lipinski definition) is 9. The van der Waals surface area contributed by atoms with Crippen LogP contribution in [-0.2, 0) is 18.5 Å². The summed E-state index contributed by atoms with van der Waals surface area (Å²) in [7, 11) is -1.59. The Hall–Kier alpha value is -5.24. The Morgan fingerprint density at radius 3 is 1.82 bits per heavy atom. The van der Waals surface area contributed by atoms with Crippen LogP contribution < -0.4 is 32.7 Å². The van der Waals surface area contributed by atoms with Crippen LogP contribution >= 0.6 is 0 Å². The maximum absolute atomic E-state index is 10.7. The van der Waals surface area contributed by atoms with E-state index < -0.39 is 15.7 Å². The fourth-order valence-corrected chi connectivity index (χ4v) is 7.42. The number of benzene rings is 3. The Morgan fingerprint density at radius 1 is 0.760 bits per heavy atom. The van der Waals surface area contributed by atoms with Crippen molar-refractivity contribution in [3.8, 4) is 17.2 Å². The normalized spacial score (nSPS) is 16.9. The molecule has 3 aromatic heterocycles. The van der Waals surface area contributed by atoms with E-state index >= 15 is 0 Å². The minimum absolute atomic E-state index is 0.0697. The second-order valence-corrected chi connectivity index (χ2v) is 13.1. The van der Waals surface area contributed by atoms with Crippen LogP contribution in [0.15, 0.2) is 116 Å². The summed E-state index contributed by atoms with van der Waals surface area (Å²) in [4.78, 5) is 0. The van der Waals surface area contributed by atoms with Crippen molar-refractivity contribution < 1.29 is 48.0 Å². The molecule has 0 saturated heterocycles. The number of aromatic nitrogens is 5. The van der Waals surface area contributed by atoms with Gasteiger partial charge in [0.15, 0.2) is 17.9 Å². The molecule has 2 bridgehead atoms. The number of pyridine rings is 1. The second-order valence-electron chi connectivity index (χ2n) is 12.3. The minimum Gasteiger partial charge on any atom is -0.508 e. The van der Waals surface area contributed by atoms with E-state index in [9.17, 15) is 5.11 Å². The van der Waals surface area contributed by atoms with E-state index in [4.69, 9.17) is 38.3 Å². The number of fused-ring (bicyclic) bond motifs is 1. The van der Waals surface area contributed by atoms with E-state index in [1.165, 1.54) is 11.3 Å². The highest BCUT2D eigenvalue weighted by Gasteiger charge is 2.61. The van der Waals surface area contributed by atoms with Crippen LogP contribution in [0.3, 0.4) is 0 Å². The van der Waals surface area contributed by atoms with Crippen LogP contribution in [0.25, 0.3) is 0 Å². The Balaban J connectivity index is 0.000000734. The Kier molecular flexibility index (Phi) is 8.80. The molecular weight excluding hydrogens is 662 g/mol. The number of nitrogens with zero attached hydrogens (tertiary/aromatic N) is 5. The summed E-state index contributed by atoms with van der Waals surface area (Å²) in [6.07, 6.45) is 7.12. The zero-order chi connectivity index (χ0) is 35.0. The number of phenolic OH excluding ortho intramolecular Hbond substituents is 1. The second kappa shape index (κ2) is 13.2. The van der Waals surface area contributed by atoms with Crippen molar-refractivity contribution in [1.82, 2.24) is 19.6 Å². The van der Waals surface area contributed by atoms with Gasteiger partial charge in [0.05, 0.1) is 50.0 Å². The smallest absolute Gasteiger partial charge is 0.190 e. The van der Waals surface area contributed by atoms with Gasteiger partial charge in [-0.3, -0.25) is 9.36 Å². The standard InChI is InChI=1S/C37H33N5O3.ClHO4/c1-44-28-11-6-25(7-12-28)23-40-19-16-34(38-40)37(35-17-20-41(39-35)24-26-8-13-29(45-2)14-9-26)22-33-30-15-10-27(43)21-31(30)36(37)32-5-3-4-18-42(32)33;2-1(3,4)5/h3-21,33,36H,22-24H2,1-2H3;(H,2,3,4,5). The predicted octanol–water partition coefficient (Wildman–Crippen LogP) is 0.855. The molecule has 3 aromatic carbocycles. The third kappa shape index (κ3) is 6.42. The molecule has 2 unspecified atom stereocenters. The Bertz CT molecular complexity index is 2010. The third-order valence-electron chi connectivity index (χ3n) is 9.51. The van der Waals surface area contributed by atoms with Crippen molar-refractivity contribution in [1.29, 1.82) is 0 Å². The molecule has 9 rings (SSSR count). The van der Waals surface area contributed by atoms with Crippen LogP contribution in [0.2, 0.25) is 0 Å². The van der Waals surface area contributed by atoms with Gasteiger partial charge in [-0.15, -0.1) is 10.2 Å². The zero-order valence-corrected chi connectivity index (χ0v) is 28.0. The molecule has 0 saturated carbocycles. The summed E-state index contributed by atoms with van der Waals surface area (Å²) in [5, 5.41) is 21.3. The highest BCUT2D eigenvalue weighted by molar-refractivity contribution is 5.53. The average Bonchev–Trinajstić information content (AvgIpc) is 3.79. The number of ether oxygens (including phenoxy) is 2. The lowest BCUT2D eigenvalue weighted by molar-refractivity contribution is -2.00. The quantitative estimate of drug-likeness (QED) is 0.227. The van der Waals surface area contributed by atoms with Gasteiger partial charge in [-0.1, -0.05) is 30.3 Å². The molecule has 3 aliphatic rings. The summed E-state index contributed by atoms with van der Waals surface area (Å²) in [6.45, 7) is 1.28. The van der Waals surface area contributed by atoms with Crippen LogP contribution in [0, 0.1) is 10.2 Å². The van der Waals surface area contributed by atoms with Crippen LogP contribution in [0.5, 0.6) is 17.2 Å². The van der Waals surface area contributed by atoms with E-state index in [0.29, 0.717) is 13.1 Å². The van der Waals surface area contributed by atoms with Gasteiger partial charge in [0, 0.05) is 36.5 Å². The number of halogens is 1. The van der Waals surface area contributed by atoms with Crippen molar-refractivity contribution >= 4 is 0 Å². The molecular formula is C37H34ClN5O7. The number of rotatable bonds is 8. The monoisotopic (exact) mass is 695 g/mol. The first-order valence-corrected chi connectivity index (χ1v) is 17.1. The van der Waals surface area contributed by atoms with Gasteiger partial charge in [0.1, 0.15) is 17.2 Å². The van der Waals surface area contributed by atoms with E-state index in [-0.39, 0.29) is 17.7 Å². The Labute approximate surface area is 290 Å². The molecule has 2 aliphatic heterocycles. The van der Waals surface area contributed by atoms with E-state index in [2.05, 4.69) is 83.8 Å². The van der Waals surface area contributed by atoms with Crippen molar-refractivity contribution in [2.24, 2.45) is 0 Å². The van der Waals surface area contributed by atoms with Gasteiger partial charge in [0.2, 0.25) is 0 Å². The number of methoxy groups -OCH3 is 2. The fraction of sp³-hybridized carbons (Fsp3) is 0.216. The number of aromatic hydroxyl groups is 1. The highest BCUT2D eigenvalue weighted by Crippen LogP contribution is 2.59. The highest BCUT2D eigenvalue weighted by atomic mass is 35.7. The van der Waals surface area contributed by atoms with Gasteiger partial charge in [-0.05, 0) is 71.3 Å². The van der Waals surface area contributed by atoms with Crippen LogP contribution in [-0.4, -0.2) is 38.9 Å². The van der Waals surface area contributed by atoms with Crippen molar-refractivity contribution in [3.05, 3.63) is 155 Å². The summed E-state index contributed by atoms with van der Waals surface area (Å²) in [6, 6.07) is 32.8. The van der Waals surface area contributed by atoms with Gasteiger partial charge < -0.3 is 14.6 Å². The topological polar surface area (TPSA) is 170 Å². The first-order valence-electron chi connectivity index (χ1n) is 15.8. The largest absolute Gasteiger partial charge is 0.508 e. The number of hydrogen-bond donors (Lipinski definition) is 1. The molecule has 256 valence electrons. The third-order valence-corrected chi connectivity index (χ3v) is 9.51. The molecule has 0 fully saturated rings. The van der Waals surface area contributed by atoms with Crippen molar-refractivity contribution in [3.63, 3.8) is 0 Å². The molecule has 1 aliphatic carbocycles. The van der Waals surface area contributed by atoms with Crippen molar-refractivity contribution in [2.75, 3.05) is 14.2 Å². The van der Waals surface area contributed by atoms with Crippen molar-refractivity contribution in [2.45, 2.75) is 36.9 Å².